The van der Waals surface area contributed by atoms with Gasteiger partial charge in [0.25, 0.3) is 0 Å². The van der Waals surface area contributed by atoms with Gasteiger partial charge in [-0.15, -0.1) is 0 Å². The first-order chi connectivity index (χ1) is 19.2. The number of para-hydroxylation sites is 1. The van der Waals surface area contributed by atoms with Gasteiger partial charge in [-0.25, -0.2) is 17.8 Å². The zero-order valence-corrected chi connectivity index (χ0v) is 23.4. The summed E-state index contributed by atoms with van der Waals surface area (Å²) in [4.78, 5) is 31.6. The van der Waals surface area contributed by atoms with Gasteiger partial charge in [0.15, 0.2) is 21.4 Å². The second kappa shape index (κ2) is 10.1. The molecule has 0 bridgehead atoms. The number of rotatable bonds is 8. The van der Waals surface area contributed by atoms with Crippen LogP contribution in [0.4, 0.5) is 4.39 Å². The number of aryl methyl sites for hydroxylation is 1. The smallest absolute Gasteiger partial charge is 0.194 e. The van der Waals surface area contributed by atoms with E-state index in [1.165, 1.54) is 6.07 Å². The zero-order valence-electron chi connectivity index (χ0n) is 21.8. The predicted octanol–water partition coefficient (Wildman–Crippen LogP) is 6.27. The van der Waals surface area contributed by atoms with Gasteiger partial charge in [-0.05, 0) is 49.1 Å². The van der Waals surface area contributed by atoms with Crippen LogP contribution >= 0.6 is 11.6 Å². The van der Waals surface area contributed by atoms with Crippen molar-refractivity contribution in [2.24, 2.45) is 0 Å². The van der Waals surface area contributed by atoms with E-state index in [-0.39, 0.29) is 29.6 Å². The summed E-state index contributed by atoms with van der Waals surface area (Å²) < 4.78 is 42.8. The molecule has 2 aromatic heterocycles. The Balaban J connectivity index is 1.64. The molecule has 2 heterocycles. The minimum Gasteiger partial charge on any atom is -0.333 e. The standard InChI is InChI=1S/C31H26ClFN2O4S/c1-2-18-14-23-26(15-24(18)33)35(16-20-13-19-7-3-5-9-25(19)34-31(20)32)30(28(37)17-40(38,39)21-11-12-21)29(23)22-8-4-6-10-27(22)36/h3-9,13-15,21H,2,10-12,16-17H2,1H3. The van der Waals surface area contributed by atoms with E-state index < -0.39 is 32.4 Å². The summed E-state index contributed by atoms with van der Waals surface area (Å²) in [5.74, 6) is -1.97. The molecule has 2 aliphatic rings. The van der Waals surface area contributed by atoms with Gasteiger partial charge in [-0.2, -0.15) is 0 Å². The van der Waals surface area contributed by atoms with Crippen molar-refractivity contribution in [2.45, 2.75) is 44.4 Å². The number of fused-ring (bicyclic) bond motifs is 2. The lowest BCUT2D eigenvalue weighted by Crippen LogP contribution is -2.24. The highest BCUT2D eigenvalue weighted by Gasteiger charge is 2.39. The summed E-state index contributed by atoms with van der Waals surface area (Å²) in [6.07, 6.45) is 6.71. The number of benzene rings is 2. The Bertz CT molecular complexity index is 1900. The molecule has 2 aliphatic carbocycles. The van der Waals surface area contributed by atoms with Crippen molar-refractivity contribution in [3.63, 3.8) is 0 Å². The van der Waals surface area contributed by atoms with Gasteiger partial charge in [0, 0.05) is 33.9 Å². The third-order valence-corrected chi connectivity index (χ3v) is 10.1. The molecule has 0 spiro atoms. The van der Waals surface area contributed by atoms with Gasteiger partial charge in [0.1, 0.15) is 16.7 Å². The van der Waals surface area contributed by atoms with Crippen LogP contribution in [0.2, 0.25) is 5.15 Å². The average molecular weight is 577 g/mol. The molecule has 2 aromatic carbocycles. The van der Waals surface area contributed by atoms with E-state index in [4.69, 9.17) is 11.6 Å². The Morgan fingerprint density at radius 1 is 1.15 bits per heavy atom. The maximum atomic E-state index is 15.2. The van der Waals surface area contributed by atoms with Crippen molar-refractivity contribution in [3.8, 4) is 0 Å². The molecule has 6 nitrogen and oxygen atoms in total. The van der Waals surface area contributed by atoms with E-state index in [1.807, 2.05) is 37.3 Å². The van der Waals surface area contributed by atoms with Gasteiger partial charge >= 0.3 is 0 Å². The first kappa shape index (κ1) is 26.6. The SMILES string of the molecule is CCc1cc2c(C3=CC=CCC3=O)c(C(=O)CS(=O)(=O)C3CC3)n(Cc3cc4ccccc4nc3Cl)c2cc1F. The van der Waals surface area contributed by atoms with Crippen LogP contribution in [-0.2, 0) is 27.6 Å². The van der Waals surface area contributed by atoms with E-state index in [9.17, 15) is 18.0 Å². The van der Waals surface area contributed by atoms with Crippen LogP contribution in [0.25, 0.3) is 27.4 Å². The number of halogens is 2. The maximum Gasteiger partial charge on any atom is 0.194 e. The fourth-order valence-electron chi connectivity index (χ4n) is 5.39. The number of hydrogen-bond acceptors (Lipinski definition) is 5. The number of carbonyl (C=O) groups is 2. The number of nitrogens with zero attached hydrogens (tertiary/aromatic N) is 2. The molecule has 204 valence electrons. The largest absolute Gasteiger partial charge is 0.333 e. The highest BCUT2D eigenvalue weighted by molar-refractivity contribution is 7.93. The molecule has 0 N–H and O–H groups in total. The second-order valence-electron chi connectivity index (χ2n) is 10.3. The first-order valence-electron chi connectivity index (χ1n) is 13.2. The van der Waals surface area contributed by atoms with Crippen LogP contribution in [0.15, 0.2) is 60.7 Å². The van der Waals surface area contributed by atoms with Gasteiger partial charge < -0.3 is 4.57 Å². The van der Waals surface area contributed by atoms with Crippen LogP contribution in [0, 0.1) is 5.82 Å². The van der Waals surface area contributed by atoms with Gasteiger partial charge in [0.05, 0.1) is 28.5 Å². The summed E-state index contributed by atoms with van der Waals surface area (Å²) in [6.45, 7) is 1.85. The lowest BCUT2D eigenvalue weighted by atomic mass is 9.92. The maximum absolute atomic E-state index is 15.2. The molecule has 4 aromatic rings. The molecule has 9 heteroatoms. The lowest BCUT2D eigenvalue weighted by molar-refractivity contribution is -0.113. The van der Waals surface area contributed by atoms with Crippen LogP contribution < -0.4 is 0 Å². The molecule has 6 rings (SSSR count). The summed E-state index contributed by atoms with van der Waals surface area (Å²) in [6, 6.07) is 12.3. The van der Waals surface area contributed by atoms with Crippen molar-refractivity contribution in [3.05, 3.63) is 94.0 Å². The van der Waals surface area contributed by atoms with E-state index >= 15 is 4.39 Å². The van der Waals surface area contributed by atoms with Gasteiger partial charge in [0.2, 0.25) is 0 Å². The fourth-order valence-corrected chi connectivity index (χ4v) is 7.19. The summed E-state index contributed by atoms with van der Waals surface area (Å²) in [5.41, 5.74) is 2.78. The average Bonchev–Trinajstić information content (AvgIpc) is 3.74. The molecule has 0 unspecified atom stereocenters. The quantitative estimate of drug-likeness (QED) is 0.182. The Labute approximate surface area is 236 Å². The van der Waals surface area contributed by atoms with Crippen molar-refractivity contribution in [1.29, 1.82) is 0 Å². The molecule has 0 aliphatic heterocycles. The number of Topliss-reactive ketones (excluding diaryl/α,β-unsaturated/α-hetero) is 2. The molecule has 40 heavy (non-hydrogen) atoms. The van der Waals surface area contributed by atoms with E-state index in [1.54, 1.807) is 28.9 Å². The van der Waals surface area contributed by atoms with Crippen molar-refractivity contribution in [2.75, 3.05) is 5.75 Å². The van der Waals surface area contributed by atoms with Crippen LogP contribution in [0.3, 0.4) is 0 Å². The van der Waals surface area contributed by atoms with E-state index in [0.717, 1.165) is 5.39 Å². The third kappa shape index (κ3) is 4.69. The number of carbonyl (C=O) groups excluding carboxylic acids is 2. The Hall–Kier alpha value is -3.62. The second-order valence-corrected chi connectivity index (χ2v) is 13.0. The molecular weight excluding hydrogens is 551 g/mol. The molecule has 0 atom stereocenters. The topological polar surface area (TPSA) is 86.1 Å². The molecular formula is C31H26ClFN2O4S. The van der Waals surface area contributed by atoms with Crippen LogP contribution in [-0.4, -0.2) is 40.5 Å². The lowest BCUT2D eigenvalue weighted by Gasteiger charge is -2.15. The van der Waals surface area contributed by atoms with Crippen LogP contribution in [0.5, 0.6) is 0 Å². The third-order valence-electron chi connectivity index (χ3n) is 7.59. The highest BCUT2D eigenvalue weighted by atomic mass is 35.5. The number of hydrogen-bond donors (Lipinski definition) is 0. The van der Waals surface area contributed by atoms with E-state index in [0.29, 0.717) is 57.9 Å². The monoisotopic (exact) mass is 576 g/mol. The Morgan fingerprint density at radius 3 is 2.65 bits per heavy atom. The number of allylic oxidation sites excluding steroid dienone is 4. The summed E-state index contributed by atoms with van der Waals surface area (Å²) >= 11 is 6.60. The van der Waals surface area contributed by atoms with Gasteiger partial charge in [-0.1, -0.05) is 55.0 Å². The number of sulfone groups is 1. The van der Waals surface area contributed by atoms with Gasteiger partial charge in [-0.3, -0.25) is 9.59 Å². The van der Waals surface area contributed by atoms with Crippen LogP contribution in [0.1, 0.15) is 53.4 Å². The molecule has 1 saturated carbocycles. The summed E-state index contributed by atoms with van der Waals surface area (Å²) in [5, 5.41) is 1.04. The van der Waals surface area contributed by atoms with Crippen molar-refractivity contribution >= 4 is 60.4 Å². The fraction of sp³-hybridized carbons (Fsp3) is 0.258. The highest BCUT2D eigenvalue weighted by Crippen LogP contribution is 2.38. The number of aromatic nitrogens is 2. The number of pyridine rings is 1. The summed E-state index contributed by atoms with van der Waals surface area (Å²) in [7, 11) is -3.67. The predicted molar refractivity (Wildman–Crippen MR) is 155 cm³/mol. The molecule has 0 radical (unpaired) electrons. The zero-order chi connectivity index (χ0) is 28.2. The Morgan fingerprint density at radius 2 is 1.93 bits per heavy atom. The molecule has 1 fully saturated rings. The van der Waals surface area contributed by atoms with Crippen molar-refractivity contribution < 1.29 is 22.4 Å². The molecule has 0 saturated heterocycles. The van der Waals surface area contributed by atoms with E-state index in [2.05, 4.69) is 4.98 Å². The van der Waals surface area contributed by atoms with Crippen molar-refractivity contribution in [1.82, 2.24) is 9.55 Å². The normalized spacial score (nSPS) is 15.7. The Kier molecular flexibility index (Phi) is 6.71. The number of ketones is 2. The first-order valence-corrected chi connectivity index (χ1v) is 15.3. The minimum absolute atomic E-state index is 0.0277. The minimum atomic E-state index is -3.67. The molecule has 0 amide bonds.